The normalized spacial score (nSPS) is 22.7. The Morgan fingerprint density at radius 1 is 1.30 bits per heavy atom. The molecule has 150 valence electrons. The van der Waals surface area contributed by atoms with Gasteiger partial charge in [-0.2, -0.15) is 0 Å². The van der Waals surface area contributed by atoms with Crippen molar-refractivity contribution in [3.63, 3.8) is 0 Å². The van der Waals surface area contributed by atoms with E-state index in [-0.39, 0.29) is 17.8 Å². The molecule has 2 saturated heterocycles. The first-order valence-electron chi connectivity index (χ1n) is 9.47. The van der Waals surface area contributed by atoms with Crippen molar-refractivity contribution >= 4 is 12.0 Å². The van der Waals surface area contributed by atoms with Gasteiger partial charge in [0, 0.05) is 39.1 Å². The predicted molar refractivity (Wildman–Crippen MR) is 101 cm³/mol. The molecule has 0 aromatic carbocycles. The van der Waals surface area contributed by atoms with Gasteiger partial charge in [0.2, 0.25) is 5.95 Å². The van der Waals surface area contributed by atoms with Gasteiger partial charge in [-0.15, -0.1) is 0 Å². The number of likely N-dealkylation sites (tertiary alicyclic amines) is 1. The van der Waals surface area contributed by atoms with Crippen LogP contribution in [0.5, 0.6) is 0 Å². The lowest BCUT2D eigenvalue weighted by Gasteiger charge is -2.49. The van der Waals surface area contributed by atoms with Gasteiger partial charge < -0.3 is 24.0 Å². The minimum absolute atomic E-state index is 0.0550. The van der Waals surface area contributed by atoms with Crippen molar-refractivity contribution in [2.24, 2.45) is 0 Å². The zero-order valence-electron chi connectivity index (χ0n) is 16.7. The van der Waals surface area contributed by atoms with Gasteiger partial charge in [-0.25, -0.2) is 14.8 Å². The summed E-state index contributed by atoms with van der Waals surface area (Å²) in [7, 11) is 1.68. The average molecular weight is 378 g/mol. The van der Waals surface area contributed by atoms with Gasteiger partial charge in [0.15, 0.2) is 0 Å². The van der Waals surface area contributed by atoms with E-state index in [1.54, 1.807) is 24.4 Å². The molecule has 8 heteroatoms. The smallest absolute Gasteiger partial charge is 0.410 e. The molecule has 0 unspecified atom stereocenters. The largest absolute Gasteiger partial charge is 0.444 e. The summed E-state index contributed by atoms with van der Waals surface area (Å²) in [5, 5.41) is 0. The maximum atomic E-state index is 12.4. The number of piperidine rings is 1. The molecule has 1 aromatic heterocycles. The molecule has 0 bridgehead atoms. The molecule has 0 saturated carbocycles. The number of rotatable bonds is 3. The molecule has 1 amide bonds. The lowest BCUT2D eigenvalue weighted by molar-refractivity contribution is -0.147. The van der Waals surface area contributed by atoms with Gasteiger partial charge in [-0.05, 0) is 39.7 Å². The van der Waals surface area contributed by atoms with Gasteiger partial charge in [0.1, 0.15) is 5.60 Å². The second-order valence-electron chi connectivity index (χ2n) is 8.27. The molecule has 0 radical (unpaired) electrons. The zero-order chi connectivity index (χ0) is 19.5. The van der Waals surface area contributed by atoms with Gasteiger partial charge in [-0.3, -0.25) is 0 Å². The second kappa shape index (κ2) is 7.98. The van der Waals surface area contributed by atoms with Crippen LogP contribution in [-0.2, 0) is 14.2 Å². The summed E-state index contributed by atoms with van der Waals surface area (Å²) < 4.78 is 17.3. The minimum atomic E-state index is -0.488. The number of hydrogen-bond acceptors (Lipinski definition) is 7. The number of morpholine rings is 1. The van der Waals surface area contributed by atoms with E-state index in [4.69, 9.17) is 14.2 Å². The Balaban J connectivity index is 1.68. The Morgan fingerprint density at radius 2 is 1.96 bits per heavy atom. The minimum Gasteiger partial charge on any atom is -0.444 e. The summed E-state index contributed by atoms with van der Waals surface area (Å²) in [5.41, 5.74) is -0.822. The van der Waals surface area contributed by atoms with E-state index in [0.717, 1.165) is 12.8 Å². The van der Waals surface area contributed by atoms with E-state index in [1.165, 1.54) is 0 Å². The van der Waals surface area contributed by atoms with Crippen molar-refractivity contribution in [1.29, 1.82) is 0 Å². The fraction of sp³-hybridized carbons (Fsp3) is 0.737. The van der Waals surface area contributed by atoms with Crippen LogP contribution >= 0.6 is 0 Å². The van der Waals surface area contributed by atoms with Gasteiger partial charge >= 0.3 is 6.09 Å². The summed E-state index contributed by atoms with van der Waals surface area (Å²) in [5.74, 6) is 0.704. The Kier molecular flexibility index (Phi) is 5.86. The van der Waals surface area contributed by atoms with Crippen LogP contribution in [0.25, 0.3) is 0 Å². The van der Waals surface area contributed by atoms with Crippen LogP contribution in [0.4, 0.5) is 10.7 Å². The monoisotopic (exact) mass is 378 g/mol. The summed E-state index contributed by atoms with van der Waals surface area (Å²) in [4.78, 5) is 25.1. The molecular formula is C19H30N4O4. The molecule has 0 aliphatic carbocycles. The third kappa shape index (κ3) is 5.07. The highest BCUT2D eigenvalue weighted by Crippen LogP contribution is 2.34. The topological polar surface area (TPSA) is 77.0 Å². The molecular weight excluding hydrogens is 348 g/mol. The lowest BCUT2D eigenvalue weighted by Crippen LogP contribution is -2.61. The molecule has 2 fully saturated rings. The zero-order valence-corrected chi connectivity index (χ0v) is 16.7. The first kappa shape index (κ1) is 19.8. The fourth-order valence-corrected chi connectivity index (χ4v) is 3.67. The van der Waals surface area contributed by atoms with Crippen molar-refractivity contribution < 1.29 is 19.0 Å². The summed E-state index contributed by atoms with van der Waals surface area (Å²) >= 11 is 0. The maximum Gasteiger partial charge on any atom is 0.410 e. The number of anilines is 1. The van der Waals surface area contributed by atoms with Crippen molar-refractivity contribution in [3.8, 4) is 0 Å². The Morgan fingerprint density at radius 3 is 2.56 bits per heavy atom. The molecule has 3 heterocycles. The van der Waals surface area contributed by atoms with Gasteiger partial charge in [-0.1, -0.05) is 0 Å². The summed E-state index contributed by atoms with van der Waals surface area (Å²) in [6.45, 7) is 8.78. The lowest BCUT2D eigenvalue weighted by atomic mass is 9.88. The predicted octanol–water partition coefficient (Wildman–Crippen LogP) is 2.10. The van der Waals surface area contributed by atoms with Crippen LogP contribution in [0.2, 0.25) is 0 Å². The first-order chi connectivity index (χ1) is 12.8. The number of carbonyl (C=O) groups is 1. The van der Waals surface area contributed by atoms with Gasteiger partial charge in [0.05, 0.1) is 24.9 Å². The Labute approximate surface area is 160 Å². The molecule has 1 atom stereocenters. The Hall–Kier alpha value is -1.93. The number of hydrogen-bond donors (Lipinski definition) is 0. The van der Waals surface area contributed by atoms with Gasteiger partial charge in [0.25, 0.3) is 0 Å². The highest BCUT2D eigenvalue weighted by Gasteiger charge is 2.44. The average Bonchev–Trinajstić information content (AvgIpc) is 2.61. The first-order valence-corrected chi connectivity index (χ1v) is 9.47. The van der Waals surface area contributed by atoms with Crippen LogP contribution in [0, 0.1) is 0 Å². The molecule has 2 aliphatic heterocycles. The number of carbonyl (C=O) groups excluding carboxylic acids is 1. The standard InChI is InChI=1S/C19H30N4O4/c1-18(2,3)27-17(24)22-10-6-19(7-11-22)14-23(12-15(26-19)13-25-4)16-20-8-5-9-21-16/h5,8-9,15H,6-7,10-14H2,1-4H3/t15-/m1/s1. The van der Waals surface area contributed by atoms with E-state index >= 15 is 0 Å². The SMILES string of the molecule is COC[C@H]1CN(c2ncccn2)CC2(CCN(C(=O)OC(C)(C)C)CC2)O1. The van der Waals surface area contributed by atoms with Crippen LogP contribution in [0.1, 0.15) is 33.6 Å². The third-order valence-electron chi connectivity index (χ3n) is 4.83. The van der Waals surface area contributed by atoms with Crippen LogP contribution < -0.4 is 4.90 Å². The molecule has 8 nitrogen and oxygen atoms in total. The third-order valence-corrected chi connectivity index (χ3v) is 4.83. The van der Waals surface area contributed by atoms with Crippen molar-refractivity contribution in [3.05, 3.63) is 18.5 Å². The highest BCUT2D eigenvalue weighted by atomic mass is 16.6. The maximum absolute atomic E-state index is 12.4. The number of methoxy groups -OCH3 is 1. The molecule has 2 aliphatic rings. The molecule has 0 N–H and O–H groups in total. The quantitative estimate of drug-likeness (QED) is 0.797. The highest BCUT2D eigenvalue weighted by molar-refractivity contribution is 5.68. The molecule has 1 aromatic rings. The van der Waals surface area contributed by atoms with Crippen LogP contribution in [0.15, 0.2) is 18.5 Å². The number of aromatic nitrogens is 2. The van der Waals surface area contributed by atoms with Crippen molar-refractivity contribution in [1.82, 2.24) is 14.9 Å². The van der Waals surface area contributed by atoms with E-state index in [0.29, 0.717) is 38.7 Å². The number of nitrogens with zero attached hydrogens (tertiary/aromatic N) is 4. The summed E-state index contributed by atoms with van der Waals surface area (Å²) in [6, 6.07) is 1.81. The molecule has 27 heavy (non-hydrogen) atoms. The molecule has 1 spiro atoms. The van der Waals surface area contributed by atoms with E-state index in [1.807, 2.05) is 26.8 Å². The second-order valence-corrected chi connectivity index (χ2v) is 8.27. The number of ether oxygens (including phenoxy) is 3. The van der Waals surface area contributed by atoms with Crippen molar-refractivity contribution in [2.45, 2.75) is 50.9 Å². The van der Waals surface area contributed by atoms with Crippen molar-refractivity contribution in [2.75, 3.05) is 44.8 Å². The fourth-order valence-electron chi connectivity index (χ4n) is 3.67. The van der Waals surface area contributed by atoms with Crippen LogP contribution in [-0.4, -0.2) is 78.2 Å². The summed E-state index contributed by atoms with van der Waals surface area (Å²) in [6.07, 6.45) is 4.68. The van der Waals surface area contributed by atoms with E-state index < -0.39 is 5.60 Å². The van der Waals surface area contributed by atoms with E-state index in [2.05, 4.69) is 14.9 Å². The van der Waals surface area contributed by atoms with Crippen LogP contribution in [0.3, 0.4) is 0 Å². The Bertz CT molecular complexity index is 626. The van der Waals surface area contributed by atoms with E-state index in [9.17, 15) is 4.79 Å². The molecule has 3 rings (SSSR count). The number of amides is 1.